The van der Waals surface area contributed by atoms with Gasteiger partial charge >= 0.3 is 0 Å². The molecule has 0 saturated carbocycles. The van der Waals surface area contributed by atoms with Crippen molar-refractivity contribution in [3.8, 4) is 34.3 Å². The van der Waals surface area contributed by atoms with Gasteiger partial charge in [-0.15, -0.1) is 0 Å². The Kier molecular flexibility index (Phi) is 6.09. The van der Waals surface area contributed by atoms with Gasteiger partial charge in [0.25, 0.3) is 0 Å². The molecular weight excluding hydrogens is 420 g/mol. The highest BCUT2D eigenvalue weighted by molar-refractivity contribution is 5.89. The molecule has 6 heteroatoms. The van der Waals surface area contributed by atoms with Crippen LogP contribution in [0.25, 0.3) is 34.4 Å². The van der Waals surface area contributed by atoms with Crippen molar-refractivity contribution in [3.05, 3.63) is 81.5 Å². The Hall–Kier alpha value is -4.19. The maximum Gasteiger partial charge on any atom is 0.235 e. The Morgan fingerprint density at radius 3 is 2.24 bits per heavy atom. The molecule has 0 unspecified atom stereocenters. The molecule has 4 rings (SSSR count). The van der Waals surface area contributed by atoms with E-state index < -0.39 is 11.2 Å². The molecule has 0 spiro atoms. The molecule has 6 nitrogen and oxygen atoms in total. The Morgan fingerprint density at radius 2 is 1.58 bits per heavy atom. The highest BCUT2D eigenvalue weighted by atomic mass is 16.5. The van der Waals surface area contributed by atoms with Crippen LogP contribution in [0.3, 0.4) is 0 Å². The lowest BCUT2D eigenvalue weighted by Gasteiger charge is -2.15. The molecule has 0 radical (unpaired) electrons. The molecule has 0 aliphatic carbocycles. The van der Waals surface area contributed by atoms with Crippen LogP contribution in [0.2, 0.25) is 0 Å². The number of hydrogen-bond donors (Lipinski definition) is 1. The van der Waals surface area contributed by atoms with E-state index in [9.17, 15) is 9.90 Å². The van der Waals surface area contributed by atoms with Gasteiger partial charge in [0.05, 0.1) is 32.3 Å². The third-order valence-corrected chi connectivity index (χ3v) is 5.38. The van der Waals surface area contributed by atoms with Crippen molar-refractivity contribution in [1.82, 2.24) is 0 Å². The molecule has 168 valence electrons. The molecule has 0 saturated heterocycles. The maximum atomic E-state index is 12.9. The first kappa shape index (κ1) is 22.0. The Morgan fingerprint density at radius 1 is 0.848 bits per heavy atom. The number of aryl methyl sites for hydroxylation is 1. The third-order valence-electron chi connectivity index (χ3n) is 5.38. The van der Waals surface area contributed by atoms with E-state index in [-0.39, 0.29) is 5.76 Å². The Labute approximate surface area is 191 Å². The first-order valence-electron chi connectivity index (χ1n) is 10.3. The fraction of sp³-hybridized carbons (Fsp3) is 0.148. The number of benzene rings is 3. The second-order valence-corrected chi connectivity index (χ2v) is 7.51. The number of aromatic hydroxyl groups is 1. The van der Waals surface area contributed by atoms with E-state index in [4.69, 9.17) is 18.6 Å². The lowest BCUT2D eigenvalue weighted by molar-refractivity contribution is 0.393. The predicted octanol–water partition coefficient (Wildman–Crippen LogP) is 5.67. The van der Waals surface area contributed by atoms with Crippen LogP contribution in [0.15, 0.2) is 63.8 Å². The van der Waals surface area contributed by atoms with Crippen molar-refractivity contribution < 1.29 is 23.7 Å². The highest BCUT2D eigenvalue weighted by Gasteiger charge is 2.22. The molecule has 0 atom stereocenters. The third kappa shape index (κ3) is 4.28. The minimum atomic E-state index is -0.502. The first-order chi connectivity index (χ1) is 15.9. The average molecular weight is 444 g/mol. The fourth-order valence-corrected chi connectivity index (χ4v) is 3.63. The zero-order valence-corrected chi connectivity index (χ0v) is 18.8. The second-order valence-electron chi connectivity index (χ2n) is 7.51. The summed E-state index contributed by atoms with van der Waals surface area (Å²) in [5, 5.41) is 11.1. The Bertz CT molecular complexity index is 1400. The van der Waals surface area contributed by atoms with Crippen molar-refractivity contribution in [2.45, 2.75) is 6.92 Å². The minimum absolute atomic E-state index is 0.0326. The van der Waals surface area contributed by atoms with Crippen LogP contribution in [-0.2, 0) is 0 Å². The number of methoxy groups -OCH3 is 3. The molecule has 0 aliphatic heterocycles. The molecule has 4 aromatic rings. The van der Waals surface area contributed by atoms with Crippen molar-refractivity contribution in [2.75, 3.05) is 21.3 Å². The summed E-state index contributed by atoms with van der Waals surface area (Å²) in [4.78, 5) is 12.9. The highest BCUT2D eigenvalue weighted by Crippen LogP contribution is 2.42. The predicted molar refractivity (Wildman–Crippen MR) is 129 cm³/mol. The van der Waals surface area contributed by atoms with Crippen LogP contribution < -0.4 is 19.6 Å². The normalized spacial score (nSPS) is 11.2. The van der Waals surface area contributed by atoms with Crippen molar-refractivity contribution in [1.29, 1.82) is 0 Å². The van der Waals surface area contributed by atoms with Gasteiger partial charge in [0, 0.05) is 6.07 Å². The average Bonchev–Trinajstić information content (AvgIpc) is 2.85. The summed E-state index contributed by atoms with van der Waals surface area (Å²) >= 11 is 0. The summed E-state index contributed by atoms with van der Waals surface area (Å²) in [5.74, 6) is 1.27. The summed E-state index contributed by atoms with van der Waals surface area (Å²) in [7, 11) is 4.68. The van der Waals surface area contributed by atoms with Crippen LogP contribution in [0, 0.1) is 6.92 Å². The van der Waals surface area contributed by atoms with Gasteiger partial charge in [0.2, 0.25) is 11.2 Å². The molecule has 0 aliphatic rings. The molecule has 3 aromatic carbocycles. The maximum absolute atomic E-state index is 12.9. The van der Waals surface area contributed by atoms with Crippen LogP contribution in [-0.4, -0.2) is 26.4 Å². The van der Waals surface area contributed by atoms with Gasteiger partial charge in [0.15, 0.2) is 5.76 Å². The topological polar surface area (TPSA) is 78.1 Å². The molecular formula is C27H24O6. The second kappa shape index (κ2) is 9.12. The van der Waals surface area contributed by atoms with E-state index in [1.54, 1.807) is 38.5 Å². The lowest BCUT2D eigenvalue weighted by Crippen LogP contribution is -2.04. The van der Waals surface area contributed by atoms with Gasteiger partial charge in [-0.1, -0.05) is 35.9 Å². The lowest BCUT2D eigenvalue weighted by atomic mass is 10.00. The molecule has 1 N–H and O–H groups in total. The Balaban J connectivity index is 1.94. The number of ether oxygens (including phenoxy) is 3. The molecule has 0 amide bonds. The van der Waals surface area contributed by atoms with Crippen molar-refractivity contribution in [2.24, 2.45) is 0 Å². The van der Waals surface area contributed by atoms with Gasteiger partial charge < -0.3 is 23.7 Å². The molecule has 33 heavy (non-hydrogen) atoms. The molecule has 1 aromatic heterocycles. The van der Waals surface area contributed by atoms with Crippen molar-refractivity contribution >= 4 is 23.1 Å². The van der Waals surface area contributed by atoms with E-state index in [1.165, 1.54) is 7.11 Å². The largest absolute Gasteiger partial charge is 0.502 e. The van der Waals surface area contributed by atoms with Gasteiger partial charge in [-0.25, -0.2) is 0 Å². The zero-order valence-electron chi connectivity index (χ0n) is 18.8. The van der Waals surface area contributed by atoms with E-state index in [1.807, 2.05) is 49.4 Å². The van der Waals surface area contributed by atoms with Crippen LogP contribution in [0.4, 0.5) is 0 Å². The van der Waals surface area contributed by atoms with E-state index in [0.29, 0.717) is 33.6 Å². The van der Waals surface area contributed by atoms with Gasteiger partial charge in [-0.05, 0) is 48.4 Å². The van der Waals surface area contributed by atoms with Crippen LogP contribution >= 0.6 is 0 Å². The number of rotatable bonds is 6. The SMILES string of the molecule is COc1ccc(/C=C/c2cc(OC)cc(OC)c2-c2oc3ccc(C)cc3c(=O)c2O)cc1. The van der Waals surface area contributed by atoms with Crippen LogP contribution in [0.1, 0.15) is 16.7 Å². The van der Waals surface area contributed by atoms with E-state index >= 15 is 0 Å². The number of hydrogen-bond acceptors (Lipinski definition) is 6. The molecule has 1 heterocycles. The van der Waals surface area contributed by atoms with E-state index in [0.717, 1.165) is 16.9 Å². The quantitative estimate of drug-likeness (QED) is 0.386. The van der Waals surface area contributed by atoms with E-state index in [2.05, 4.69) is 0 Å². The summed E-state index contributed by atoms with van der Waals surface area (Å²) in [6.45, 7) is 1.87. The van der Waals surface area contributed by atoms with Crippen LogP contribution in [0.5, 0.6) is 23.0 Å². The first-order valence-corrected chi connectivity index (χ1v) is 10.3. The van der Waals surface area contributed by atoms with Gasteiger partial charge in [-0.3, -0.25) is 4.79 Å². The number of fused-ring (bicyclic) bond motifs is 1. The molecule has 0 fully saturated rings. The monoisotopic (exact) mass is 444 g/mol. The zero-order chi connectivity index (χ0) is 23.5. The minimum Gasteiger partial charge on any atom is -0.502 e. The summed E-state index contributed by atoms with van der Waals surface area (Å²) in [6, 6.07) is 16.3. The molecule has 0 bridgehead atoms. The summed E-state index contributed by atoms with van der Waals surface area (Å²) < 4.78 is 22.3. The van der Waals surface area contributed by atoms with Gasteiger partial charge in [-0.2, -0.15) is 0 Å². The fourth-order valence-electron chi connectivity index (χ4n) is 3.63. The summed E-state index contributed by atoms with van der Waals surface area (Å²) in [5.41, 5.74) is 2.79. The van der Waals surface area contributed by atoms with Gasteiger partial charge in [0.1, 0.15) is 22.8 Å². The summed E-state index contributed by atoms with van der Waals surface area (Å²) in [6.07, 6.45) is 3.75. The standard InChI is InChI=1S/C27H24O6/c1-16-5-12-22-21(13-16)25(28)26(29)27(33-22)24-18(14-20(31-3)15-23(24)32-4)9-6-17-7-10-19(30-2)11-8-17/h5-15,29H,1-4H3/b9-6+. The van der Waals surface area contributed by atoms with Crippen molar-refractivity contribution in [3.63, 3.8) is 0 Å². The smallest absolute Gasteiger partial charge is 0.235 e.